The summed E-state index contributed by atoms with van der Waals surface area (Å²) in [4.78, 5) is 34.2. The molecule has 4 aromatic rings. The molecule has 256 valence electrons. The molecule has 11 heteroatoms. The van der Waals surface area contributed by atoms with Gasteiger partial charge in [-0.3, -0.25) is 19.4 Å². The number of para-hydroxylation sites is 1. The molecular weight excluding hydrogens is 633 g/mol. The van der Waals surface area contributed by atoms with Gasteiger partial charge in [0, 0.05) is 24.7 Å². The summed E-state index contributed by atoms with van der Waals surface area (Å²) >= 11 is 0. The van der Waals surface area contributed by atoms with Crippen LogP contribution in [0.1, 0.15) is 69.5 Å². The van der Waals surface area contributed by atoms with Crippen LogP contribution in [-0.4, -0.2) is 73.0 Å². The number of ether oxygens (including phenoxy) is 2. The Morgan fingerprint density at radius 2 is 1.61 bits per heavy atom. The molecule has 2 saturated heterocycles. The van der Waals surface area contributed by atoms with Crippen molar-refractivity contribution in [1.82, 2.24) is 14.4 Å². The predicted molar refractivity (Wildman–Crippen MR) is 180 cm³/mol. The van der Waals surface area contributed by atoms with E-state index in [1.165, 1.54) is 57.4 Å². The quantitative estimate of drug-likeness (QED) is 0.184. The summed E-state index contributed by atoms with van der Waals surface area (Å²) in [7, 11) is 2.78. The standard InChI is InChI=1S/C38H39F3N4O4/c1-48-34-21-30(35(49-2)20-29(34)28-12-4-5-13-31(28)38(39,40)41)37(47)45-32-14-6-3-10-25(32)22-44-27(24-46)15-16-33(44)36(45)43-19-9-11-26(43)23-42-17-7-8-18-42/h3-6,10,12-16,20-21,24,26,36H,7-9,11,17-19,22-23H2,1-2H3/t26-,36?/m0/s1. The molecule has 8 nitrogen and oxygen atoms in total. The SMILES string of the molecule is COc1cc(-c2ccccc2C(F)(F)F)c(OC)cc1C(=O)N1c2ccccc2Cn2c(C=O)ccc2C1N1CCC[C@H]1CN1CCCC1. The third kappa shape index (κ3) is 5.99. The number of rotatable bonds is 8. The average molecular weight is 673 g/mol. The number of aromatic nitrogens is 1. The van der Waals surface area contributed by atoms with E-state index in [1.807, 2.05) is 34.9 Å². The van der Waals surface area contributed by atoms with Crippen molar-refractivity contribution in [3.05, 3.63) is 101 Å². The second kappa shape index (κ2) is 13.4. The summed E-state index contributed by atoms with van der Waals surface area (Å²) in [6.45, 7) is 4.13. The predicted octanol–water partition coefficient (Wildman–Crippen LogP) is 7.27. The highest BCUT2D eigenvalue weighted by Gasteiger charge is 2.43. The Bertz CT molecular complexity index is 1870. The first-order valence-corrected chi connectivity index (χ1v) is 16.7. The third-order valence-corrected chi connectivity index (χ3v) is 10.2. The van der Waals surface area contributed by atoms with Gasteiger partial charge < -0.3 is 18.9 Å². The minimum absolute atomic E-state index is 0.0804. The molecule has 1 amide bonds. The minimum atomic E-state index is -4.61. The first-order chi connectivity index (χ1) is 23.7. The second-order valence-electron chi connectivity index (χ2n) is 12.9. The van der Waals surface area contributed by atoms with Crippen LogP contribution in [0.3, 0.4) is 0 Å². The Morgan fingerprint density at radius 3 is 2.35 bits per heavy atom. The number of aldehydes is 1. The lowest BCUT2D eigenvalue weighted by Crippen LogP contribution is -2.49. The summed E-state index contributed by atoms with van der Waals surface area (Å²) < 4.78 is 55.8. The van der Waals surface area contributed by atoms with Crippen LogP contribution in [0.5, 0.6) is 11.5 Å². The minimum Gasteiger partial charge on any atom is -0.496 e. The van der Waals surface area contributed by atoms with Crippen LogP contribution in [-0.2, 0) is 12.7 Å². The Morgan fingerprint density at radius 1 is 0.878 bits per heavy atom. The number of likely N-dealkylation sites (tertiary alicyclic amines) is 2. The number of benzene rings is 3. The first-order valence-electron chi connectivity index (χ1n) is 16.7. The number of hydrogen-bond acceptors (Lipinski definition) is 6. The van der Waals surface area contributed by atoms with Crippen molar-refractivity contribution in [3.63, 3.8) is 0 Å². The highest BCUT2D eigenvalue weighted by molar-refractivity contribution is 6.09. The fourth-order valence-corrected chi connectivity index (χ4v) is 7.87. The van der Waals surface area contributed by atoms with Gasteiger partial charge in [-0.1, -0.05) is 36.4 Å². The number of amides is 1. The summed E-state index contributed by atoms with van der Waals surface area (Å²) in [5.41, 5.74) is 2.30. The summed E-state index contributed by atoms with van der Waals surface area (Å²) in [5, 5.41) is 0. The zero-order valence-electron chi connectivity index (χ0n) is 27.6. The maximum Gasteiger partial charge on any atom is 0.417 e. The Balaban J connectivity index is 1.40. The Labute approximate surface area is 283 Å². The van der Waals surface area contributed by atoms with E-state index >= 15 is 4.79 Å². The molecule has 0 saturated carbocycles. The van der Waals surface area contributed by atoms with Crippen molar-refractivity contribution in [2.24, 2.45) is 0 Å². The molecule has 3 aliphatic rings. The van der Waals surface area contributed by atoms with Crippen molar-refractivity contribution in [1.29, 1.82) is 0 Å². The maximum absolute atomic E-state index is 15.2. The van der Waals surface area contributed by atoms with Crippen molar-refractivity contribution >= 4 is 17.9 Å². The van der Waals surface area contributed by atoms with Gasteiger partial charge >= 0.3 is 6.18 Å². The van der Waals surface area contributed by atoms with Crippen molar-refractivity contribution in [2.45, 2.75) is 50.6 Å². The number of methoxy groups -OCH3 is 2. The first kappa shape index (κ1) is 32.9. The van der Waals surface area contributed by atoms with Gasteiger partial charge in [0.15, 0.2) is 6.29 Å². The smallest absolute Gasteiger partial charge is 0.417 e. The number of carbonyl (C=O) groups excluding carboxylic acids is 2. The molecule has 0 spiro atoms. The van der Waals surface area contributed by atoms with Gasteiger partial charge in [0.1, 0.15) is 17.7 Å². The lowest BCUT2D eigenvalue weighted by atomic mass is 9.96. The van der Waals surface area contributed by atoms with E-state index in [4.69, 9.17) is 9.47 Å². The van der Waals surface area contributed by atoms with Gasteiger partial charge in [0.05, 0.1) is 49.0 Å². The van der Waals surface area contributed by atoms with Crippen LogP contribution in [0.25, 0.3) is 11.1 Å². The van der Waals surface area contributed by atoms with Crippen LogP contribution in [0.15, 0.2) is 72.8 Å². The van der Waals surface area contributed by atoms with Gasteiger partial charge in [0.25, 0.3) is 5.91 Å². The fraction of sp³-hybridized carbons (Fsp3) is 0.368. The maximum atomic E-state index is 15.2. The number of halogens is 3. The van der Waals surface area contributed by atoms with Gasteiger partial charge in [-0.15, -0.1) is 0 Å². The topological polar surface area (TPSA) is 67.2 Å². The normalized spacial score (nSPS) is 19.7. The Kier molecular flexibility index (Phi) is 8.97. The lowest BCUT2D eigenvalue weighted by Gasteiger charge is -2.41. The highest BCUT2D eigenvalue weighted by Crippen LogP contribution is 2.46. The van der Waals surface area contributed by atoms with E-state index in [0.717, 1.165) is 62.6 Å². The molecule has 2 atom stereocenters. The molecule has 1 unspecified atom stereocenters. The third-order valence-electron chi connectivity index (χ3n) is 10.2. The van der Waals surface area contributed by atoms with Gasteiger partial charge in [-0.25, -0.2) is 0 Å². The second-order valence-corrected chi connectivity index (χ2v) is 12.9. The average Bonchev–Trinajstić information content (AvgIpc) is 3.87. The summed E-state index contributed by atoms with van der Waals surface area (Å²) in [6.07, 6.45) is -0.0514. The molecule has 0 aliphatic carbocycles. The van der Waals surface area contributed by atoms with E-state index in [-0.39, 0.29) is 34.2 Å². The molecule has 3 aliphatic heterocycles. The number of alkyl halides is 3. The molecule has 1 aromatic heterocycles. The van der Waals surface area contributed by atoms with Gasteiger partial charge in [-0.05, 0) is 86.3 Å². The van der Waals surface area contributed by atoms with E-state index in [9.17, 15) is 18.0 Å². The van der Waals surface area contributed by atoms with E-state index in [1.54, 1.807) is 11.0 Å². The van der Waals surface area contributed by atoms with Gasteiger partial charge in [-0.2, -0.15) is 13.2 Å². The molecule has 2 fully saturated rings. The number of fused-ring (bicyclic) bond motifs is 2. The fourth-order valence-electron chi connectivity index (χ4n) is 7.87. The van der Waals surface area contributed by atoms with E-state index in [0.29, 0.717) is 17.9 Å². The number of anilines is 1. The lowest BCUT2D eigenvalue weighted by molar-refractivity contribution is -0.137. The molecule has 4 heterocycles. The van der Waals surface area contributed by atoms with Crippen LogP contribution < -0.4 is 14.4 Å². The summed E-state index contributed by atoms with van der Waals surface area (Å²) in [6, 6.07) is 19.8. The molecule has 7 rings (SSSR count). The zero-order valence-corrected chi connectivity index (χ0v) is 27.6. The Hall–Kier alpha value is -4.61. The largest absolute Gasteiger partial charge is 0.496 e. The van der Waals surface area contributed by atoms with Crippen LogP contribution >= 0.6 is 0 Å². The number of carbonyl (C=O) groups is 2. The van der Waals surface area contributed by atoms with Crippen LogP contribution in [0.4, 0.5) is 18.9 Å². The van der Waals surface area contributed by atoms with E-state index < -0.39 is 23.8 Å². The summed E-state index contributed by atoms with van der Waals surface area (Å²) in [5.74, 6) is -0.158. The molecule has 0 bridgehead atoms. The molecular formula is C38H39F3N4O4. The number of hydrogen-bond donors (Lipinski definition) is 0. The molecule has 3 aromatic carbocycles. The van der Waals surface area contributed by atoms with E-state index in [2.05, 4.69) is 9.80 Å². The monoisotopic (exact) mass is 672 g/mol. The van der Waals surface area contributed by atoms with Crippen molar-refractivity contribution in [2.75, 3.05) is 45.3 Å². The highest BCUT2D eigenvalue weighted by atomic mass is 19.4. The zero-order chi connectivity index (χ0) is 34.3. The van der Waals surface area contributed by atoms with Crippen molar-refractivity contribution < 1.29 is 32.2 Å². The molecule has 0 N–H and O–H groups in total. The molecule has 49 heavy (non-hydrogen) atoms. The van der Waals surface area contributed by atoms with Crippen LogP contribution in [0, 0.1) is 0 Å². The molecule has 0 radical (unpaired) electrons. The van der Waals surface area contributed by atoms with Gasteiger partial charge in [0.2, 0.25) is 0 Å². The van der Waals surface area contributed by atoms with Crippen molar-refractivity contribution in [3.8, 4) is 22.6 Å². The van der Waals surface area contributed by atoms with Crippen LogP contribution in [0.2, 0.25) is 0 Å². The number of nitrogens with zero attached hydrogens (tertiary/aromatic N) is 4.